The zero-order valence-corrected chi connectivity index (χ0v) is 13.7. The van der Waals surface area contributed by atoms with Gasteiger partial charge in [-0.2, -0.15) is 0 Å². The second-order valence-electron chi connectivity index (χ2n) is 6.38. The number of carbonyl (C=O) groups excluding carboxylic acids is 1. The number of amides is 1. The van der Waals surface area contributed by atoms with Gasteiger partial charge in [0.1, 0.15) is 0 Å². The summed E-state index contributed by atoms with van der Waals surface area (Å²) in [7, 11) is 0. The molecule has 0 radical (unpaired) electrons. The van der Waals surface area contributed by atoms with E-state index in [1.807, 2.05) is 31.2 Å². The summed E-state index contributed by atoms with van der Waals surface area (Å²) in [5, 5.41) is 3.18. The first-order valence-electron chi connectivity index (χ1n) is 8.34. The van der Waals surface area contributed by atoms with Crippen LogP contribution in [0.25, 0.3) is 0 Å². The monoisotopic (exact) mass is 308 g/mol. The van der Waals surface area contributed by atoms with Gasteiger partial charge in [0.05, 0.1) is 0 Å². The quantitative estimate of drug-likeness (QED) is 0.939. The Labute approximate surface area is 138 Å². The van der Waals surface area contributed by atoms with E-state index in [0.717, 1.165) is 43.6 Å². The SMILES string of the molecule is Cc1cccc(C(=O)NC2CCN(Cc3ccccc3)CC2)c1. The van der Waals surface area contributed by atoms with Crippen LogP contribution in [0.4, 0.5) is 0 Å². The van der Waals surface area contributed by atoms with Crippen LogP contribution in [-0.2, 0) is 6.54 Å². The van der Waals surface area contributed by atoms with E-state index in [1.165, 1.54) is 5.56 Å². The van der Waals surface area contributed by atoms with Gasteiger partial charge in [-0.1, -0.05) is 48.0 Å². The third kappa shape index (κ3) is 4.42. The first kappa shape index (κ1) is 15.8. The van der Waals surface area contributed by atoms with Crippen molar-refractivity contribution in [3.63, 3.8) is 0 Å². The van der Waals surface area contributed by atoms with Crippen LogP contribution in [0, 0.1) is 6.92 Å². The van der Waals surface area contributed by atoms with Gasteiger partial charge < -0.3 is 5.32 Å². The molecule has 1 amide bonds. The number of aryl methyl sites for hydroxylation is 1. The Morgan fingerprint density at radius 2 is 1.83 bits per heavy atom. The van der Waals surface area contributed by atoms with Gasteiger partial charge in [-0.05, 0) is 37.5 Å². The van der Waals surface area contributed by atoms with Crippen LogP contribution in [0.3, 0.4) is 0 Å². The van der Waals surface area contributed by atoms with Crippen molar-refractivity contribution in [2.45, 2.75) is 32.4 Å². The Kier molecular flexibility index (Phi) is 5.09. The summed E-state index contributed by atoms with van der Waals surface area (Å²) in [5.74, 6) is 0.0511. The number of carbonyl (C=O) groups is 1. The number of hydrogen-bond donors (Lipinski definition) is 1. The Balaban J connectivity index is 1.48. The minimum absolute atomic E-state index is 0.0511. The van der Waals surface area contributed by atoms with Crippen LogP contribution < -0.4 is 5.32 Å². The van der Waals surface area contributed by atoms with Gasteiger partial charge in [0.2, 0.25) is 0 Å². The Hall–Kier alpha value is -2.13. The molecule has 1 saturated heterocycles. The maximum Gasteiger partial charge on any atom is 0.251 e. The van der Waals surface area contributed by atoms with Crippen molar-refractivity contribution in [3.8, 4) is 0 Å². The van der Waals surface area contributed by atoms with Crippen molar-refractivity contribution >= 4 is 5.91 Å². The Morgan fingerprint density at radius 3 is 2.52 bits per heavy atom. The summed E-state index contributed by atoms with van der Waals surface area (Å²) >= 11 is 0. The molecule has 1 aliphatic rings. The lowest BCUT2D eigenvalue weighted by Crippen LogP contribution is -2.44. The summed E-state index contributed by atoms with van der Waals surface area (Å²) in [6.07, 6.45) is 2.04. The highest BCUT2D eigenvalue weighted by Crippen LogP contribution is 2.14. The molecule has 0 saturated carbocycles. The Morgan fingerprint density at radius 1 is 1.09 bits per heavy atom. The fourth-order valence-electron chi connectivity index (χ4n) is 3.13. The number of likely N-dealkylation sites (tertiary alicyclic amines) is 1. The molecular formula is C20H24N2O. The second-order valence-corrected chi connectivity index (χ2v) is 6.38. The number of rotatable bonds is 4. The topological polar surface area (TPSA) is 32.3 Å². The van der Waals surface area contributed by atoms with Gasteiger partial charge in [-0.3, -0.25) is 9.69 Å². The molecule has 120 valence electrons. The third-order valence-corrected chi connectivity index (χ3v) is 4.45. The van der Waals surface area contributed by atoms with E-state index in [-0.39, 0.29) is 11.9 Å². The highest BCUT2D eigenvalue weighted by Gasteiger charge is 2.21. The lowest BCUT2D eigenvalue weighted by molar-refractivity contribution is 0.0909. The highest BCUT2D eigenvalue weighted by atomic mass is 16.1. The average molecular weight is 308 g/mol. The first-order chi connectivity index (χ1) is 11.2. The molecule has 3 heteroatoms. The second kappa shape index (κ2) is 7.42. The number of hydrogen-bond acceptors (Lipinski definition) is 2. The minimum Gasteiger partial charge on any atom is -0.349 e. The van der Waals surface area contributed by atoms with Crippen LogP contribution in [0.15, 0.2) is 54.6 Å². The van der Waals surface area contributed by atoms with E-state index in [9.17, 15) is 4.79 Å². The maximum absolute atomic E-state index is 12.3. The molecule has 0 aromatic heterocycles. The molecule has 2 aromatic carbocycles. The smallest absolute Gasteiger partial charge is 0.251 e. The third-order valence-electron chi connectivity index (χ3n) is 4.45. The minimum atomic E-state index is 0.0511. The van der Waals surface area contributed by atoms with E-state index >= 15 is 0 Å². The van der Waals surface area contributed by atoms with Gasteiger partial charge >= 0.3 is 0 Å². The number of nitrogens with one attached hydrogen (secondary N) is 1. The number of nitrogens with zero attached hydrogens (tertiary/aromatic N) is 1. The molecule has 1 heterocycles. The van der Waals surface area contributed by atoms with Crippen LogP contribution in [0.1, 0.15) is 34.3 Å². The molecule has 2 aromatic rings. The predicted molar refractivity (Wildman–Crippen MR) is 93.4 cm³/mol. The van der Waals surface area contributed by atoms with Gasteiger partial charge in [0, 0.05) is 31.2 Å². The average Bonchev–Trinajstić information content (AvgIpc) is 2.57. The van der Waals surface area contributed by atoms with E-state index in [1.54, 1.807) is 0 Å². The normalized spacial score (nSPS) is 16.2. The van der Waals surface area contributed by atoms with Gasteiger partial charge in [0.15, 0.2) is 0 Å². The van der Waals surface area contributed by atoms with Crippen molar-refractivity contribution in [2.24, 2.45) is 0 Å². The predicted octanol–water partition coefficient (Wildman–Crippen LogP) is 3.39. The van der Waals surface area contributed by atoms with Crippen molar-refractivity contribution in [3.05, 3.63) is 71.3 Å². The van der Waals surface area contributed by atoms with Crippen LogP contribution >= 0.6 is 0 Å². The summed E-state index contributed by atoms with van der Waals surface area (Å²) in [4.78, 5) is 14.8. The molecule has 0 bridgehead atoms. The van der Waals surface area contributed by atoms with Crippen molar-refractivity contribution < 1.29 is 4.79 Å². The molecule has 0 unspecified atom stereocenters. The number of piperidine rings is 1. The van der Waals surface area contributed by atoms with Gasteiger partial charge in [-0.15, -0.1) is 0 Å². The van der Waals surface area contributed by atoms with Crippen molar-refractivity contribution in [2.75, 3.05) is 13.1 Å². The van der Waals surface area contributed by atoms with E-state index in [0.29, 0.717) is 0 Å². The first-order valence-corrected chi connectivity index (χ1v) is 8.34. The zero-order chi connectivity index (χ0) is 16.1. The highest BCUT2D eigenvalue weighted by molar-refractivity contribution is 5.94. The molecule has 1 aliphatic heterocycles. The van der Waals surface area contributed by atoms with Gasteiger partial charge in [0.25, 0.3) is 5.91 Å². The van der Waals surface area contributed by atoms with Crippen LogP contribution in [0.2, 0.25) is 0 Å². The number of benzene rings is 2. The summed E-state index contributed by atoms with van der Waals surface area (Å²) in [6, 6.07) is 18.6. The molecule has 3 nitrogen and oxygen atoms in total. The fraction of sp³-hybridized carbons (Fsp3) is 0.350. The van der Waals surface area contributed by atoms with E-state index in [4.69, 9.17) is 0 Å². The van der Waals surface area contributed by atoms with Crippen molar-refractivity contribution in [1.29, 1.82) is 0 Å². The molecule has 3 rings (SSSR count). The van der Waals surface area contributed by atoms with Crippen LogP contribution in [-0.4, -0.2) is 29.9 Å². The molecule has 1 N–H and O–H groups in total. The lowest BCUT2D eigenvalue weighted by atomic mass is 10.0. The molecular weight excluding hydrogens is 284 g/mol. The summed E-state index contributed by atoms with van der Waals surface area (Å²) in [6.45, 7) is 5.08. The van der Waals surface area contributed by atoms with E-state index < -0.39 is 0 Å². The van der Waals surface area contributed by atoms with Crippen molar-refractivity contribution in [1.82, 2.24) is 10.2 Å². The lowest BCUT2D eigenvalue weighted by Gasteiger charge is -2.32. The maximum atomic E-state index is 12.3. The van der Waals surface area contributed by atoms with Crippen LogP contribution in [0.5, 0.6) is 0 Å². The largest absolute Gasteiger partial charge is 0.349 e. The molecule has 1 fully saturated rings. The standard InChI is InChI=1S/C20H24N2O/c1-16-6-5-9-18(14-16)20(23)21-19-10-12-22(13-11-19)15-17-7-3-2-4-8-17/h2-9,14,19H,10-13,15H2,1H3,(H,21,23). The summed E-state index contributed by atoms with van der Waals surface area (Å²) < 4.78 is 0. The zero-order valence-electron chi connectivity index (χ0n) is 13.7. The van der Waals surface area contributed by atoms with E-state index in [2.05, 4.69) is 40.5 Å². The Bertz CT molecular complexity index is 646. The molecule has 0 aliphatic carbocycles. The van der Waals surface area contributed by atoms with Gasteiger partial charge in [-0.25, -0.2) is 0 Å². The molecule has 0 spiro atoms. The molecule has 23 heavy (non-hydrogen) atoms. The molecule has 0 atom stereocenters. The fourth-order valence-corrected chi connectivity index (χ4v) is 3.13. The summed E-state index contributed by atoms with van der Waals surface area (Å²) in [5.41, 5.74) is 3.24.